The second-order valence-electron chi connectivity index (χ2n) is 7.19. The first-order chi connectivity index (χ1) is 14.8. The third-order valence-electron chi connectivity index (χ3n) is 4.92. The van der Waals surface area contributed by atoms with E-state index < -0.39 is 33.2 Å². The number of rotatable bonds is 9. The normalized spacial score (nSPS) is 15.0. The summed E-state index contributed by atoms with van der Waals surface area (Å²) < 4.78 is 38.1. The molecule has 2 heterocycles. The Hall–Kier alpha value is -2.24. The van der Waals surface area contributed by atoms with E-state index in [2.05, 4.69) is 4.99 Å². The molecule has 2 aromatic rings. The van der Waals surface area contributed by atoms with Gasteiger partial charge in [-0.3, -0.25) is 9.59 Å². The largest absolute Gasteiger partial charge is 0.497 e. The third-order valence-corrected chi connectivity index (χ3v) is 7.33. The monoisotopic (exact) mass is 469 g/mol. The van der Waals surface area contributed by atoms with Gasteiger partial charge in [0.05, 0.1) is 23.9 Å². The van der Waals surface area contributed by atoms with Crippen LogP contribution in [0.3, 0.4) is 0 Å². The number of ether oxygens (including phenoxy) is 2. The number of fused-ring (bicyclic) bond motifs is 1. The number of likely N-dealkylation sites (tertiary alicyclic amines) is 1. The average molecular weight is 470 g/mol. The van der Waals surface area contributed by atoms with Gasteiger partial charge in [0.2, 0.25) is 5.91 Å². The molecular weight excluding hydrogens is 442 g/mol. The van der Waals surface area contributed by atoms with Crippen LogP contribution >= 0.6 is 11.3 Å². The second-order valence-corrected chi connectivity index (χ2v) is 10.3. The van der Waals surface area contributed by atoms with Crippen LogP contribution in [0.25, 0.3) is 10.2 Å². The Bertz CT molecular complexity index is 1110. The topological polar surface area (TPSA) is 107 Å². The minimum absolute atomic E-state index is 0.383. The molecule has 31 heavy (non-hydrogen) atoms. The Morgan fingerprint density at radius 1 is 1.19 bits per heavy atom. The Morgan fingerprint density at radius 3 is 2.61 bits per heavy atom. The number of hydrogen-bond donors (Lipinski definition) is 0. The van der Waals surface area contributed by atoms with Crippen molar-refractivity contribution in [2.45, 2.75) is 26.3 Å². The fourth-order valence-corrected chi connectivity index (χ4v) is 5.61. The maximum atomic E-state index is 12.5. The molecule has 1 aliphatic rings. The van der Waals surface area contributed by atoms with Crippen molar-refractivity contribution in [3.05, 3.63) is 23.0 Å². The van der Waals surface area contributed by atoms with Crippen LogP contribution in [-0.2, 0) is 30.7 Å². The highest BCUT2D eigenvalue weighted by atomic mass is 32.2. The lowest BCUT2D eigenvalue weighted by molar-refractivity contribution is -0.127. The van der Waals surface area contributed by atoms with Gasteiger partial charge in [-0.15, -0.1) is 0 Å². The van der Waals surface area contributed by atoms with E-state index in [1.54, 1.807) is 7.11 Å². The average Bonchev–Trinajstić information content (AvgIpc) is 3.35. The summed E-state index contributed by atoms with van der Waals surface area (Å²) in [5.41, 5.74) is 0.851. The van der Waals surface area contributed by atoms with Crippen LogP contribution in [0.5, 0.6) is 5.75 Å². The molecule has 170 valence electrons. The molecule has 1 saturated heterocycles. The van der Waals surface area contributed by atoms with Crippen molar-refractivity contribution in [1.82, 2.24) is 9.47 Å². The molecule has 0 bridgehead atoms. The van der Waals surface area contributed by atoms with E-state index >= 15 is 0 Å². The SMILES string of the molecule is CCOCCn1c(=NC(=O)CS(=O)(=O)CC(=O)N2CCCC2)sc2cc(OC)ccc21. The Balaban J connectivity index is 1.82. The number of nitrogens with zero attached hydrogens (tertiary/aromatic N) is 3. The maximum Gasteiger partial charge on any atom is 0.263 e. The molecule has 11 heteroatoms. The van der Waals surface area contributed by atoms with Gasteiger partial charge in [0.25, 0.3) is 5.91 Å². The van der Waals surface area contributed by atoms with Crippen LogP contribution < -0.4 is 9.54 Å². The predicted octanol–water partition coefficient (Wildman–Crippen LogP) is 1.21. The highest BCUT2D eigenvalue weighted by Gasteiger charge is 2.26. The number of carbonyl (C=O) groups is 2. The van der Waals surface area contributed by atoms with E-state index in [1.807, 2.05) is 29.7 Å². The van der Waals surface area contributed by atoms with Gasteiger partial charge in [-0.2, -0.15) is 4.99 Å². The van der Waals surface area contributed by atoms with E-state index in [0.29, 0.717) is 43.4 Å². The smallest absolute Gasteiger partial charge is 0.263 e. The van der Waals surface area contributed by atoms with Gasteiger partial charge in [-0.05, 0) is 38.0 Å². The zero-order chi connectivity index (χ0) is 22.4. The van der Waals surface area contributed by atoms with E-state index in [4.69, 9.17) is 9.47 Å². The first-order valence-corrected chi connectivity index (χ1v) is 12.8. The first-order valence-electron chi connectivity index (χ1n) is 10.1. The molecule has 1 aromatic heterocycles. The molecule has 0 saturated carbocycles. The third kappa shape index (κ3) is 6.14. The van der Waals surface area contributed by atoms with Gasteiger partial charge in [-0.25, -0.2) is 8.42 Å². The van der Waals surface area contributed by atoms with Gasteiger partial charge in [0.1, 0.15) is 17.3 Å². The number of sulfone groups is 1. The molecule has 0 atom stereocenters. The number of benzene rings is 1. The molecule has 1 fully saturated rings. The molecule has 0 N–H and O–H groups in total. The minimum Gasteiger partial charge on any atom is -0.497 e. The highest BCUT2D eigenvalue weighted by molar-refractivity contribution is 7.92. The Morgan fingerprint density at radius 2 is 1.94 bits per heavy atom. The zero-order valence-corrected chi connectivity index (χ0v) is 19.3. The van der Waals surface area contributed by atoms with E-state index in [-0.39, 0.29) is 0 Å². The van der Waals surface area contributed by atoms with E-state index in [9.17, 15) is 18.0 Å². The van der Waals surface area contributed by atoms with E-state index in [0.717, 1.165) is 23.1 Å². The van der Waals surface area contributed by atoms with Crippen molar-refractivity contribution in [3.8, 4) is 5.75 Å². The molecule has 0 unspecified atom stereocenters. The van der Waals surface area contributed by atoms with Crippen molar-refractivity contribution >= 4 is 43.2 Å². The fourth-order valence-electron chi connectivity index (χ4n) is 3.41. The number of carbonyl (C=O) groups excluding carboxylic acids is 2. The van der Waals surface area contributed by atoms with Gasteiger partial charge in [0.15, 0.2) is 14.6 Å². The molecule has 3 rings (SSSR count). The molecule has 0 aliphatic carbocycles. The van der Waals surface area contributed by atoms with Crippen LogP contribution in [0, 0.1) is 0 Å². The molecule has 9 nitrogen and oxygen atoms in total. The number of aromatic nitrogens is 1. The lowest BCUT2D eigenvalue weighted by Gasteiger charge is -2.14. The summed E-state index contributed by atoms with van der Waals surface area (Å²) in [6, 6.07) is 5.52. The quantitative estimate of drug-likeness (QED) is 0.511. The number of methoxy groups -OCH3 is 1. The fraction of sp³-hybridized carbons (Fsp3) is 0.550. The standard InChI is InChI=1S/C20H27N3O6S2/c1-3-29-11-10-23-16-7-6-15(28-2)12-17(16)30-20(23)21-18(24)13-31(26,27)14-19(25)22-8-4-5-9-22/h6-7,12H,3-5,8-11,13-14H2,1-2H3. The lowest BCUT2D eigenvalue weighted by atomic mass is 10.3. The minimum atomic E-state index is -3.90. The lowest BCUT2D eigenvalue weighted by Crippen LogP contribution is -2.35. The molecule has 1 aromatic carbocycles. The number of amides is 2. The van der Waals surface area contributed by atoms with Crippen LogP contribution in [0.15, 0.2) is 23.2 Å². The number of thiazole rings is 1. The molecule has 0 spiro atoms. The Kier molecular flexibility index (Phi) is 7.84. The maximum absolute atomic E-state index is 12.5. The van der Waals surface area contributed by atoms with Crippen molar-refractivity contribution < 1.29 is 27.5 Å². The first kappa shape index (κ1) is 23.4. The second kappa shape index (κ2) is 10.4. The van der Waals surface area contributed by atoms with Crippen molar-refractivity contribution in [2.75, 3.05) is 44.9 Å². The Labute approximate surface area is 185 Å². The molecular formula is C20H27N3O6S2. The van der Waals surface area contributed by atoms with Crippen molar-refractivity contribution in [2.24, 2.45) is 4.99 Å². The van der Waals surface area contributed by atoms with E-state index in [1.165, 1.54) is 16.2 Å². The molecule has 2 amide bonds. The van der Waals surface area contributed by atoms with Gasteiger partial charge >= 0.3 is 0 Å². The van der Waals surface area contributed by atoms with Crippen LogP contribution in [0.1, 0.15) is 19.8 Å². The summed E-state index contributed by atoms with van der Waals surface area (Å²) in [4.78, 5) is 30.6. The summed E-state index contributed by atoms with van der Waals surface area (Å²) in [5, 5.41) is 0. The summed E-state index contributed by atoms with van der Waals surface area (Å²) in [6.45, 7) is 4.48. The highest BCUT2D eigenvalue weighted by Crippen LogP contribution is 2.23. The summed E-state index contributed by atoms with van der Waals surface area (Å²) in [5.74, 6) is -2.03. The van der Waals surface area contributed by atoms with Gasteiger partial charge in [0, 0.05) is 26.2 Å². The summed E-state index contributed by atoms with van der Waals surface area (Å²) in [7, 11) is -2.33. The summed E-state index contributed by atoms with van der Waals surface area (Å²) in [6.07, 6.45) is 1.75. The van der Waals surface area contributed by atoms with Gasteiger partial charge in [-0.1, -0.05) is 11.3 Å². The molecule has 1 aliphatic heterocycles. The summed E-state index contributed by atoms with van der Waals surface area (Å²) >= 11 is 1.27. The zero-order valence-electron chi connectivity index (χ0n) is 17.7. The van der Waals surface area contributed by atoms with Crippen LogP contribution in [-0.4, -0.2) is 74.6 Å². The van der Waals surface area contributed by atoms with Crippen molar-refractivity contribution in [3.63, 3.8) is 0 Å². The molecule has 0 radical (unpaired) electrons. The number of hydrogen-bond acceptors (Lipinski definition) is 7. The van der Waals surface area contributed by atoms with Gasteiger partial charge < -0.3 is 18.9 Å². The van der Waals surface area contributed by atoms with Crippen molar-refractivity contribution in [1.29, 1.82) is 0 Å². The predicted molar refractivity (Wildman–Crippen MR) is 118 cm³/mol. The van der Waals surface area contributed by atoms with Crippen LogP contribution in [0.2, 0.25) is 0 Å². The van der Waals surface area contributed by atoms with Crippen LogP contribution in [0.4, 0.5) is 0 Å².